The van der Waals surface area contributed by atoms with E-state index in [4.69, 9.17) is 0 Å². The van der Waals surface area contributed by atoms with E-state index in [-0.39, 0.29) is 11.9 Å². The summed E-state index contributed by atoms with van der Waals surface area (Å²) in [6.07, 6.45) is 1.89. The fourth-order valence-corrected chi connectivity index (χ4v) is 3.96. The highest BCUT2D eigenvalue weighted by Crippen LogP contribution is 2.35. The minimum Gasteiger partial charge on any atom is -0.307 e. The first-order valence-electron chi connectivity index (χ1n) is 8.19. The Morgan fingerprint density at radius 1 is 1.12 bits per heavy atom. The highest BCUT2D eigenvalue weighted by molar-refractivity contribution is 7.88. The topological polar surface area (TPSA) is 57.7 Å². The van der Waals surface area contributed by atoms with Crippen LogP contribution in [0.2, 0.25) is 0 Å². The van der Waals surface area contributed by atoms with Gasteiger partial charge in [-0.2, -0.15) is 4.31 Å². The van der Waals surface area contributed by atoms with E-state index in [1.807, 2.05) is 49.4 Å². The van der Waals surface area contributed by atoms with Crippen LogP contribution in [0.5, 0.6) is 0 Å². The molecule has 5 nitrogen and oxygen atoms in total. The van der Waals surface area contributed by atoms with E-state index in [9.17, 15) is 13.2 Å². The first kappa shape index (κ1) is 17.6. The fraction of sp³-hybridized carbons (Fsp3) is 0.316. The minimum atomic E-state index is -3.53. The molecular formula is C19H22N2O3S. The number of nitrogens with zero attached hydrogens (tertiary/aromatic N) is 2. The molecule has 1 aliphatic heterocycles. The van der Waals surface area contributed by atoms with Gasteiger partial charge in [-0.25, -0.2) is 8.42 Å². The molecule has 2 unspecified atom stereocenters. The van der Waals surface area contributed by atoms with Crippen LogP contribution in [0.15, 0.2) is 54.6 Å². The van der Waals surface area contributed by atoms with Crippen molar-refractivity contribution in [2.45, 2.75) is 25.4 Å². The molecule has 0 saturated carbocycles. The highest BCUT2D eigenvalue weighted by Gasteiger charge is 2.39. The number of rotatable bonds is 4. The van der Waals surface area contributed by atoms with Gasteiger partial charge in [0.2, 0.25) is 15.9 Å². The number of anilines is 1. The van der Waals surface area contributed by atoms with E-state index in [1.165, 1.54) is 7.05 Å². The molecule has 2 aromatic rings. The largest absolute Gasteiger partial charge is 0.307 e. The molecule has 3 rings (SSSR count). The maximum Gasteiger partial charge on any atom is 0.250 e. The molecule has 0 saturated heterocycles. The van der Waals surface area contributed by atoms with Crippen LogP contribution in [0, 0.1) is 0 Å². The zero-order valence-electron chi connectivity index (χ0n) is 14.6. The third kappa shape index (κ3) is 3.32. The first-order valence-corrected chi connectivity index (χ1v) is 10.0. The van der Waals surface area contributed by atoms with E-state index < -0.39 is 16.1 Å². The van der Waals surface area contributed by atoms with Crippen molar-refractivity contribution in [3.05, 3.63) is 65.7 Å². The maximum atomic E-state index is 13.4. The number of sulfonamides is 1. The van der Waals surface area contributed by atoms with Crippen molar-refractivity contribution in [3.63, 3.8) is 0 Å². The quantitative estimate of drug-likeness (QED) is 0.844. The summed E-state index contributed by atoms with van der Waals surface area (Å²) >= 11 is 0. The Hall–Kier alpha value is -2.18. The molecule has 1 heterocycles. The lowest BCUT2D eigenvalue weighted by Gasteiger charge is -2.32. The molecule has 0 spiro atoms. The summed E-state index contributed by atoms with van der Waals surface area (Å²) < 4.78 is 25.4. The smallest absolute Gasteiger partial charge is 0.250 e. The molecule has 0 N–H and O–H groups in total. The monoisotopic (exact) mass is 358 g/mol. The molecule has 0 radical (unpaired) electrons. The summed E-state index contributed by atoms with van der Waals surface area (Å²) in [5.41, 5.74) is 2.64. The van der Waals surface area contributed by atoms with Gasteiger partial charge in [0.25, 0.3) is 0 Å². The Labute approximate surface area is 148 Å². The van der Waals surface area contributed by atoms with Gasteiger partial charge < -0.3 is 4.90 Å². The summed E-state index contributed by atoms with van der Waals surface area (Å²) in [7, 11) is -2.08. The summed E-state index contributed by atoms with van der Waals surface area (Å²) in [5.74, 6) is -0.225. The molecule has 132 valence electrons. The Morgan fingerprint density at radius 3 is 2.36 bits per heavy atom. The predicted molar refractivity (Wildman–Crippen MR) is 98.9 cm³/mol. The third-order valence-corrected chi connectivity index (χ3v) is 5.94. The van der Waals surface area contributed by atoms with E-state index in [0.29, 0.717) is 5.56 Å². The van der Waals surface area contributed by atoms with E-state index >= 15 is 0 Å². The van der Waals surface area contributed by atoms with Crippen LogP contribution in [0.1, 0.15) is 24.1 Å². The zero-order valence-corrected chi connectivity index (χ0v) is 15.4. The molecule has 1 amide bonds. The maximum absolute atomic E-state index is 13.4. The minimum absolute atomic E-state index is 0.0101. The normalized spacial score (nSPS) is 18.2. The summed E-state index contributed by atoms with van der Waals surface area (Å²) in [5, 5.41) is 0. The summed E-state index contributed by atoms with van der Waals surface area (Å²) in [6, 6.07) is 15.9. The van der Waals surface area contributed by atoms with Crippen LogP contribution < -0.4 is 4.90 Å². The second-order valence-corrected chi connectivity index (χ2v) is 8.52. The van der Waals surface area contributed by atoms with Gasteiger partial charge in [0.1, 0.15) is 6.04 Å². The molecule has 6 heteroatoms. The van der Waals surface area contributed by atoms with Crippen molar-refractivity contribution in [2.24, 2.45) is 0 Å². The molecular weight excluding hydrogens is 336 g/mol. The van der Waals surface area contributed by atoms with E-state index in [1.54, 1.807) is 17.0 Å². The van der Waals surface area contributed by atoms with Gasteiger partial charge in [-0.05, 0) is 30.5 Å². The number of para-hydroxylation sites is 1. The van der Waals surface area contributed by atoms with Crippen molar-refractivity contribution in [1.29, 1.82) is 0 Å². The van der Waals surface area contributed by atoms with Gasteiger partial charge in [0, 0.05) is 18.8 Å². The lowest BCUT2D eigenvalue weighted by molar-refractivity contribution is -0.122. The number of benzene rings is 2. The number of amides is 1. The first-order chi connectivity index (χ1) is 11.8. The van der Waals surface area contributed by atoms with Crippen molar-refractivity contribution in [2.75, 3.05) is 18.2 Å². The number of likely N-dealkylation sites (N-methyl/N-ethyl adjacent to an activating group) is 1. The molecule has 2 atom stereocenters. The molecule has 0 aromatic heterocycles. The number of hydrogen-bond donors (Lipinski definition) is 0. The van der Waals surface area contributed by atoms with E-state index in [2.05, 4.69) is 0 Å². The number of hydrogen-bond acceptors (Lipinski definition) is 3. The van der Waals surface area contributed by atoms with Gasteiger partial charge in [-0.15, -0.1) is 0 Å². The van der Waals surface area contributed by atoms with Gasteiger partial charge >= 0.3 is 0 Å². The SMILES string of the molecule is CC1Cc2ccccc2N1C(=O)C(c1ccccc1)N(C)S(C)(=O)=O. The van der Waals surface area contributed by atoms with Crippen LogP contribution in [0.4, 0.5) is 5.69 Å². The van der Waals surface area contributed by atoms with Crippen LogP contribution in [-0.4, -0.2) is 38.0 Å². The van der Waals surface area contributed by atoms with Gasteiger partial charge in [-0.1, -0.05) is 48.5 Å². The highest BCUT2D eigenvalue weighted by atomic mass is 32.2. The summed E-state index contributed by atoms with van der Waals surface area (Å²) in [6.45, 7) is 1.99. The molecule has 0 fully saturated rings. The lowest BCUT2D eigenvalue weighted by atomic mass is 10.1. The number of carbonyl (C=O) groups excluding carboxylic acids is 1. The van der Waals surface area contributed by atoms with Crippen LogP contribution in [-0.2, 0) is 21.2 Å². The van der Waals surface area contributed by atoms with Crippen molar-refractivity contribution in [3.8, 4) is 0 Å². The Morgan fingerprint density at radius 2 is 1.72 bits per heavy atom. The van der Waals surface area contributed by atoms with Crippen LogP contribution in [0.25, 0.3) is 0 Å². The van der Waals surface area contributed by atoms with Crippen LogP contribution >= 0.6 is 0 Å². The molecule has 1 aliphatic rings. The standard InChI is InChI=1S/C19H22N2O3S/c1-14-13-16-11-7-8-12-17(16)21(14)19(22)18(20(2)25(3,23)24)15-9-5-4-6-10-15/h4-12,14,18H,13H2,1-3H3. The second-order valence-electron chi connectivity index (χ2n) is 6.48. The average molecular weight is 358 g/mol. The molecule has 25 heavy (non-hydrogen) atoms. The Bertz CT molecular complexity index is 881. The summed E-state index contributed by atoms with van der Waals surface area (Å²) in [4.78, 5) is 15.2. The lowest BCUT2D eigenvalue weighted by Crippen LogP contribution is -2.45. The van der Waals surface area contributed by atoms with E-state index in [0.717, 1.165) is 28.2 Å². The fourth-order valence-electron chi connectivity index (χ4n) is 3.37. The van der Waals surface area contributed by atoms with Crippen LogP contribution in [0.3, 0.4) is 0 Å². The zero-order chi connectivity index (χ0) is 18.2. The Kier molecular flexibility index (Phi) is 4.67. The molecule has 0 aliphatic carbocycles. The van der Waals surface area contributed by atoms with Gasteiger partial charge in [-0.3, -0.25) is 4.79 Å². The van der Waals surface area contributed by atoms with Crippen molar-refractivity contribution in [1.82, 2.24) is 4.31 Å². The Balaban J connectivity index is 2.06. The average Bonchev–Trinajstić information content (AvgIpc) is 2.90. The third-order valence-electron chi connectivity index (χ3n) is 4.68. The predicted octanol–water partition coefficient (Wildman–Crippen LogP) is 2.60. The van der Waals surface area contributed by atoms with Crippen molar-refractivity contribution >= 4 is 21.6 Å². The number of carbonyl (C=O) groups is 1. The molecule has 2 aromatic carbocycles. The van der Waals surface area contributed by atoms with Crippen molar-refractivity contribution < 1.29 is 13.2 Å². The van der Waals surface area contributed by atoms with Gasteiger partial charge in [0.15, 0.2) is 0 Å². The second kappa shape index (κ2) is 6.61. The van der Waals surface area contributed by atoms with Gasteiger partial charge in [0.05, 0.1) is 6.26 Å². The number of fused-ring (bicyclic) bond motifs is 1. The molecule has 0 bridgehead atoms.